The zero-order chi connectivity index (χ0) is 17.6. The Balaban J connectivity index is 2.82. The first kappa shape index (κ1) is 19.2. The highest BCUT2D eigenvalue weighted by Gasteiger charge is 2.18. The third kappa shape index (κ3) is 6.02. The minimum Gasteiger partial charge on any atom is -0.478 e. The lowest BCUT2D eigenvalue weighted by Crippen LogP contribution is -2.25. The number of nitrogens with one attached hydrogen (secondary N) is 1. The molecule has 0 aliphatic heterocycles. The van der Waals surface area contributed by atoms with Gasteiger partial charge in [0.15, 0.2) is 9.84 Å². The summed E-state index contributed by atoms with van der Waals surface area (Å²) in [6.45, 7) is 5.36. The van der Waals surface area contributed by atoms with Crippen LogP contribution >= 0.6 is 0 Å². The number of carbonyl (C=O) groups is 2. The summed E-state index contributed by atoms with van der Waals surface area (Å²) in [4.78, 5) is 23.1. The molecule has 2 N–H and O–H groups in total. The molecule has 1 aromatic carbocycles. The van der Waals surface area contributed by atoms with Crippen LogP contribution in [0.4, 0.5) is 5.69 Å². The summed E-state index contributed by atoms with van der Waals surface area (Å²) in [5.74, 6) is -2.34. The summed E-state index contributed by atoms with van der Waals surface area (Å²) < 4.78 is 23.7. The van der Waals surface area contributed by atoms with Crippen molar-refractivity contribution in [2.45, 2.75) is 40.0 Å². The van der Waals surface area contributed by atoms with Crippen LogP contribution in [0.2, 0.25) is 0 Å². The van der Waals surface area contributed by atoms with Crippen molar-refractivity contribution in [3.63, 3.8) is 0 Å². The van der Waals surface area contributed by atoms with E-state index in [1.165, 1.54) is 6.07 Å². The molecule has 0 saturated heterocycles. The van der Waals surface area contributed by atoms with Crippen molar-refractivity contribution in [2.24, 2.45) is 0 Å². The van der Waals surface area contributed by atoms with E-state index in [0.29, 0.717) is 23.2 Å². The van der Waals surface area contributed by atoms with E-state index < -0.39 is 27.5 Å². The number of aromatic carboxylic acids is 1. The second-order valence-electron chi connectivity index (χ2n) is 5.63. The molecule has 0 aliphatic rings. The number of benzene rings is 1. The van der Waals surface area contributed by atoms with Crippen molar-refractivity contribution in [3.05, 3.63) is 28.8 Å². The fourth-order valence-corrected chi connectivity index (χ4v) is 3.51. The van der Waals surface area contributed by atoms with E-state index >= 15 is 0 Å². The number of rotatable bonds is 8. The summed E-state index contributed by atoms with van der Waals surface area (Å²) in [5, 5.41) is 11.6. The van der Waals surface area contributed by atoms with E-state index in [9.17, 15) is 18.0 Å². The minimum absolute atomic E-state index is 0.0124. The number of anilines is 1. The molecule has 0 bridgehead atoms. The summed E-state index contributed by atoms with van der Waals surface area (Å²) >= 11 is 0. The molecule has 0 spiro atoms. The maximum absolute atomic E-state index is 11.9. The molecule has 7 heteroatoms. The van der Waals surface area contributed by atoms with Gasteiger partial charge in [0.05, 0.1) is 11.3 Å². The number of amides is 1. The van der Waals surface area contributed by atoms with Crippen molar-refractivity contribution in [3.8, 4) is 0 Å². The molecule has 0 atom stereocenters. The number of carboxylic acids is 1. The van der Waals surface area contributed by atoms with Crippen molar-refractivity contribution >= 4 is 27.4 Å². The first-order chi connectivity index (χ1) is 10.7. The van der Waals surface area contributed by atoms with Gasteiger partial charge in [0, 0.05) is 5.69 Å². The number of hydrogen-bond donors (Lipinski definition) is 2. The summed E-state index contributed by atoms with van der Waals surface area (Å²) in [5.41, 5.74) is 1.67. The van der Waals surface area contributed by atoms with Crippen LogP contribution in [-0.2, 0) is 14.6 Å². The molecule has 0 aromatic heterocycles. The van der Waals surface area contributed by atoms with Gasteiger partial charge in [-0.2, -0.15) is 0 Å². The maximum Gasteiger partial charge on any atom is 0.336 e. The lowest BCUT2D eigenvalue weighted by molar-refractivity contribution is -0.113. The lowest BCUT2D eigenvalue weighted by Gasteiger charge is -2.11. The Morgan fingerprint density at radius 1 is 1.13 bits per heavy atom. The van der Waals surface area contributed by atoms with Gasteiger partial charge < -0.3 is 10.4 Å². The van der Waals surface area contributed by atoms with Gasteiger partial charge in [0.2, 0.25) is 5.91 Å². The molecule has 0 unspecified atom stereocenters. The van der Waals surface area contributed by atoms with Gasteiger partial charge in [-0.15, -0.1) is 0 Å². The molecular formula is C16H23NO5S. The van der Waals surface area contributed by atoms with Gasteiger partial charge in [-0.05, 0) is 37.5 Å². The van der Waals surface area contributed by atoms with Gasteiger partial charge in [-0.3, -0.25) is 4.79 Å². The Morgan fingerprint density at radius 3 is 2.35 bits per heavy atom. The topological polar surface area (TPSA) is 101 Å². The monoisotopic (exact) mass is 341 g/mol. The molecule has 0 heterocycles. The Kier molecular flexibility index (Phi) is 6.75. The highest BCUT2D eigenvalue weighted by molar-refractivity contribution is 7.92. The first-order valence-electron chi connectivity index (χ1n) is 7.51. The average Bonchev–Trinajstić information content (AvgIpc) is 2.40. The standard InChI is InChI=1S/C16H23NO5S/c1-4-5-6-7-23(21,22)10-15(18)17-14-9-13(16(19)20)11(2)8-12(14)3/h8-9H,4-7,10H2,1-3H3,(H,17,18)(H,19,20). The fraction of sp³-hybridized carbons (Fsp3) is 0.500. The van der Waals surface area contributed by atoms with E-state index in [1.54, 1.807) is 19.9 Å². The molecule has 23 heavy (non-hydrogen) atoms. The number of carbonyl (C=O) groups excluding carboxylic acids is 1. The molecule has 0 saturated carbocycles. The van der Waals surface area contributed by atoms with E-state index in [0.717, 1.165) is 12.8 Å². The van der Waals surface area contributed by atoms with Crippen molar-refractivity contribution in [2.75, 3.05) is 16.8 Å². The predicted octanol–water partition coefficient (Wildman–Crippen LogP) is 2.55. The maximum atomic E-state index is 11.9. The Hall–Kier alpha value is -1.89. The van der Waals surface area contributed by atoms with Gasteiger partial charge in [-0.25, -0.2) is 13.2 Å². The zero-order valence-electron chi connectivity index (χ0n) is 13.7. The SMILES string of the molecule is CCCCCS(=O)(=O)CC(=O)Nc1cc(C(=O)O)c(C)cc1C. The lowest BCUT2D eigenvalue weighted by atomic mass is 10.0. The molecule has 1 amide bonds. The second kappa shape index (κ2) is 8.10. The molecule has 1 rings (SSSR count). The summed E-state index contributed by atoms with van der Waals surface area (Å²) in [6.07, 6.45) is 2.25. The van der Waals surface area contributed by atoms with E-state index in [1.807, 2.05) is 6.92 Å². The van der Waals surface area contributed by atoms with E-state index in [4.69, 9.17) is 5.11 Å². The zero-order valence-corrected chi connectivity index (χ0v) is 14.5. The quantitative estimate of drug-likeness (QED) is 0.708. The third-order valence-electron chi connectivity index (χ3n) is 3.49. The largest absolute Gasteiger partial charge is 0.478 e. The fourth-order valence-electron chi connectivity index (χ4n) is 2.25. The highest BCUT2D eigenvalue weighted by atomic mass is 32.2. The molecular weight excluding hydrogens is 318 g/mol. The molecule has 128 valence electrons. The molecule has 1 aromatic rings. The molecule has 0 fully saturated rings. The van der Waals surface area contributed by atoms with Crippen LogP contribution in [0.3, 0.4) is 0 Å². The number of hydrogen-bond acceptors (Lipinski definition) is 4. The van der Waals surface area contributed by atoms with Crippen LogP contribution in [0.1, 0.15) is 47.7 Å². The Labute approximate surface area is 136 Å². The Morgan fingerprint density at radius 2 is 1.78 bits per heavy atom. The van der Waals surface area contributed by atoms with Gasteiger partial charge in [-0.1, -0.05) is 25.8 Å². The van der Waals surface area contributed by atoms with Crippen LogP contribution < -0.4 is 5.32 Å². The van der Waals surface area contributed by atoms with Gasteiger partial charge in [0.25, 0.3) is 0 Å². The molecule has 6 nitrogen and oxygen atoms in total. The van der Waals surface area contributed by atoms with Crippen LogP contribution in [-0.4, -0.2) is 36.9 Å². The van der Waals surface area contributed by atoms with Crippen molar-refractivity contribution in [1.82, 2.24) is 0 Å². The Bertz CT molecular complexity index is 695. The van der Waals surface area contributed by atoms with Crippen LogP contribution in [0.5, 0.6) is 0 Å². The minimum atomic E-state index is -3.45. The number of carboxylic acid groups (broad SMARTS) is 1. The normalized spacial score (nSPS) is 11.3. The van der Waals surface area contributed by atoms with Crippen molar-refractivity contribution in [1.29, 1.82) is 0 Å². The second-order valence-corrected chi connectivity index (χ2v) is 7.82. The van der Waals surface area contributed by atoms with Gasteiger partial charge in [0.1, 0.15) is 5.75 Å². The predicted molar refractivity (Wildman–Crippen MR) is 89.7 cm³/mol. The van der Waals surface area contributed by atoms with E-state index in [-0.39, 0.29) is 11.3 Å². The third-order valence-corrected chi connectivity index (χ3v) is 5.10. The smallest absolute Gasteiger partial charge is 0.336 e. The molecule has 0 aliphatic carbocycles. The van der Waals surface area contributed by atoms with Crippen LogP contribution in [0.25, 0.3) is 0 Å². The number of unbranched alkanes of at least 4 members (excludes halogenated alkanes) is 2. The van der Waals surface area contributed by atoms with Crippen molar-refractivity contribution < 1.29 is 23.1 Å². The highest BCUT2D eigenvalue weighted by Crippen LogP contribution is 2.21. The summed E-state index contributed by atoms with van der Waals surface area (Å²) in [6, 6.07) is 3.00. The van der Waals surface area contributed by atoms with Crippen LogP contribution in [0, 0.1) is 13.8 Å². The number of aryl methyl sites for hydroxylation is 2. The molecule has 0 radical (unpaired) electrons. The first-order valence-corrected chi connectivity index (χ1v) is 9.33. The van der Waals surface area contributed by atoms with E-state index in [2.05, 4.69) is 5.32 Å². The average molecular weight is 341 g/mol. The van der Waals surface area contributed by atoms with Crippen LogP contribution in [0.15, 0.2) is 12.1 Å². The number of sulfone groups is 1. The summed E-state index contributed by atoms with van der Waals surface area (Å²) in [7, 11) is -3.45. The van der Waals surface area contributed by atoms with Gasteiger partial charge >= 0.3 is 5.97 Å².